The first-order valence-electron chi connectivity index (χ1n) is 9.60. The van der Waals surface area contributed by atoms with Gasteiger partial charge >= 0.3 is 0 Å². The molecule has 6 nitrogen and oxygen atoms in total. The summed E-state index contributed by atoms with van der Waals surface area (Å²) in [6, 6.07) is 16.7. The van der Waals surface area contributed by atoms with Crippen molar-refractivity contribution in [3.05, 3.63) is 81.7 Å². The van der Waals surface area contributed by atoms with Crippen LogP contribution >= 0.6 is 11.3 Å². The molecule has 2 heterocycles. The van der Waals surface area contributed by atoms with E-state index in [-0.39, 0.29) is 18.7 Å². The van der Waals surface area contributed by atoms with E-state index in [4.69, 9.17) is 9.47 Å². The highest BCUT2D eigenvalue weighted by Crippen LogP contribution is 2.26. The molecule has 1 N–H and O–H groups in total. The Kier molecular flexibility index (Phi) is 5.83. The van der Waals surface area contributed by atoms with E-state index in [1.54, 1.807) is 24.3 Å². The molecular weight excluding hydrogens is 400 g/mol. The zero-order chi connectivity index (χ0) is 21.1. The van der Waals surface area contributed by atoms with Gasteiger partial charge in [-0.25, -0.2) is 4.98 Å². The predicted molar refractivity (Wildman–Crippen MR) is 118 cm³/mol. The molecule has 0 spiro atoms. The molecular formula is C23H22N2O4S. The molecule has 2 aromatic heterocycles. The summed E-state index contributed by atoms with van der Waals surface area (Å²) >= 11 is 1.51. The highest BCUT2D eigenvalue weighted by Gasteiger charge is 2.14. The molecule has 0 aliphatic rings. The number of benzene rings is 2. The summed E-state index contributed by atoms with van der Waals surface area (Å²) in [5, 5.41) is 11.0. The zero-order valence-corrected chi connectivity index (χ0v) is 17.6. The van der Waals surface area contributed by atoms with Gasteiger partial charge in [0.1, 0.15) is 34.8 Å². The molecule has 2 aromatic carbocycles. The van der Waals surface area contributed by atoms with Crippen molar-refractivity contribution in [2.75, 3.05) is 6.61 Å². The van der Waals surface area contributed by atoms with E-state index < -0.39 is 6.10 Å². The Balaban J connectivity index is 1.36. The van der Waals surface area contributed by atoms with Crippen molar-refractivity contribution in [1.82, 2.24) is 9.55 Å². The highest BCUT2D eigenvalue weighted by molar-refractivity contribution is 7.18. The second-order valence-corrected chi connectivity index (χ2v) is 8.22. The largest absolute Gasteiger partial charge is 0.491 e. The van der Waals surface area contributed by atoms with E-state index in [9.17, 15) is 9.90 Å². The lowest BCUT2D eigenvalue weighted by Gasteiger charge is -2.14. The lowest BCUT2D eigenvalue weighted by atomic mass is 10.2. The van der Waals surface area contributed by atoms with Crippen LogP contribution in [0.25, 0.3) is 10.2 Å². The van der Waals surface area contributed by atoms with Gasteiger partial charge in [0, 0.05) is 4.88 Å². The zero-order valence-electron chi connectivity index (χ0n) is 16.7. The van der Waals surface area contributed by atoms with Crippen molar-refractivity contribution in [2.45, 2.75) is 26.5 Å². The number of para-hydroxylation sites is 1. The van der Waals surface area contributed by atoms with Gasteiger partial charge in [0.2, 0.25) is 0 Å². The number of aliphatic hydroxyl groups excluding tert-OH is 1. The van der Waals surface area contributed by atoms with Crippen LogP contribution in [0.5, 0.6) is 17.2 Å². The first-order chi connectivity index (χ1) is 14.5. The number of ether oxygens (including phenoxy) is 2. The molecule has 0 fully saturated rings. The third-order valence-corrected chi connectivity index (χ3v) is 5.92. The highest BCUT2D eigenvalue weighted by atomic mass is 32.1. The summed E-state index contributed by atoms with van der Waals surface area (Å²) in [5.41, 5.74) is 0.814. The van der Waals surface area contributed by atoms with Gasteiger partial charge in [0.05, 0.1) is 18.3 Å². The van der Waals surface area contributed by atoms with Crippen molar-refractivity contribution < 1.29 is 14.6 Å². The topological polar surface area (TPSA) is 73.6 Å². The lowest BCUT2D eigenvalue weighted by Crippen LogP contribution is -2.30. The molecule has 4 aromatic rings. The van der Waals surface area contributed by atoms with Crippen LogP contribution in [0.2, 0.25) is 0 Å². The van der Waals surface area contributed by atoms with Gasteiger partial charge in [-0.15, -0.1) is 11.3 Å². The SMILES string of the molecule is Cc1sc2ncn(CC(O)COc3ccc(Oc4ccccc4)cc3)c(=O)c2c1C. The Hall–Kier alpha value is -3.16. The molecule has 7 heteroatoms. The first-order valence-corrected chi connectivity index (χ1v) is 10.4. The minimum absolute atomic E-state index is 0.0605. The summed E-state index contributed by atoms with van der Waals surface area (Å²) in [4.78, 5) is 18.9. The van der Waals surface area contributed by atoms with Crippen molar-refractivity contribution in [2.24, 2.45) is 0 Å². The Morgan fingerprint density at radius 1 is 1.03 bits per heavy atom. The molecule has 154 valence electrons. The number of aromatic nitrogens is 2. The van der Waals surface area contributed by atoms with Gasteiger partial charge < -0.3 is 14.6 Å². The number of rotatable bonds is 7. The normalized spacial score (nSPS) is 12.1. The van der Waals surface area contributed by atoms with Gasteiger partial charge in [0.15, 0.2) is 0 Å². The fraction of sp³-hybridized carbons (Fsp3) is 0.217. The Morgan fingerprint density at radius 3 is 2.43 bits per heavy atom. The van der Waals surface area contributed by atoms with Crippen LogP contribution in [0.4, 0.5) is 0 Å². The maximum absolute atomic E-state index is 12.7. The van der Waals surface area contributed by atoms with Gasteiger partial charge in [-0.1, -0.05) is 18.2 Å². The number of hydrogen-bond acceptors (Lipinski definition) is 6. The van der Waals surface area contributed by atoms with Crippen LogP contribution in [0, 0.1) is 13.8 Å². The summed E-state index contributed by atoms with van der Waals surface area (Å²) in [6.07, 6.45) is 0.640. The molecule has 0 bridgehead atoms. The number of aliphatic hydroxyl groups is 1. The lowest BCUT2D eigenvalue weighted by molar-refractivity contribution is 0.0914. The maximum atomic E-state index is 12.7. The number of nitrogens with zero attached hydrogens (tertiary/aromatic N) is 2. The molecule has 0 radical (unpaired) electrons. The van der Waals surface area contributed by atoms with Gasteiger partial charge in [-0.3, -0.25) is 9.36 Å². The fourth-order valence-corrected chi connectivity index (χ4v) is 4.09. The molecule has 0 amide bonds. The standard InChI is InChI=1S/C23H22N2O4S/c1-15-16(2)30-22-21(15)23(27)25(14-24-22)12-17(26)13-28-18-8-10-20(11-9-18)29-19-6-4-3-5-7-19/h3-11,14,17,26H,12-13H2,1-2H3. The summed E-state index contributed by atoms with van der Waals surface area (Å²) in [6.45, 7) is 4.08. The number of fused-ring (bicyclic) bond motifs is 1. The van der Waals surface area contributed by atoms with Crippen molar-refractivity contribution in [3.63, 3.8) is 0 Å². The van der Waals surface area contributed by atoms with Crippen molar-refractivity contribution in [1.29, 1.82) is 0 Å². The van der Waals surface area contributed by atoms with E-state index in [0.717, 1.165) is 21.0 Å². The monoisotopic (exact) mass is 422 g/mol. The third-order valence-electron chi connectivity index (χ3n) is 4.81. The predicted octanol–water partition coefficient (Wildman–Crippen LogP) is 4.31. The van der Waals surface area contributed by atoms with Gasteiger partial charge in [-0.2, -0.15) is 0 Å². The molecule has 0 saturated heterocycles. The van der Waals surface area contributed by atoms with Crippen LogP contribution in [-0.2, 0) is 6.54 Å². The Labute approximate surface area is 178 Å². The average Bonchev–Trinajstić information content (AvgIpc) is 3.05. The molecule has 1 atom stereocenters. The molecule has 1 unspecified atom stereocenters. The van der Waals surface area contributed by atoms with E-state index in [2.05, 4.69) is 4.98 Å². The summed E-state index contributed by atoms with van der Waals surface area (Å²) in [7, 11) is 0. The molecule has 30 heavy (non-hydrogen) atoms. The number of hydrogen-bond donors (Lipinski definition) is 1. The van der Waals surface area contributed by atoms with Crippen LogP contribution in [0.1, 0.15) is 10.4 Å². The first kappa shape index (κ1) is 20.1. The quantitative estimate of drug-likeness (QED) is 0.481. The maximum Gasteiger partial charge on any atom is 0.262 e. The molecule has 0 aliphatic carbocycles. The van der Waals surface area contributed by atoms with E-state index >= 15 is 0 Å². The second-order valence-electron chi connectivity index (χ2n) is 7.02. The second kappa shape index (κ2) is 8.69. The number of aryl methyl sites for hydroxylation is 2. The third kappa shape index (κ3) is 4.37. The van der Waals surface area contributed by atoms with Crippen molar-refractivity contribution in [3.8, 4) is 17.2 Å². The van der Waals surface area contributed by atoms with Crippen molar-refractivity contribution >= 4 is 21.6 Å². The number of thiophene rings is 1. The minimum Gasteiger partial charge on any atom is -0.491 e. The summed E-state index contributed by atoms with van der Waals surface area (Å²) < 4.78 is 12.8. The Morgan fingerprint density at radius 2 is 1.70 bits per heavy atom. The smallest absolute Gasteiger partial charge is 0.262 e. The molecule has 0 aliphatic heterocycles. The van der Waals surface area contributed by atoms with Crippen LogP contribution in [0.3, 0.4) is 0 Å². The molecule has 4 rings (SSSR count). The Bertz CT molecular complexity index is 1200. The summed E-state index contributed by atoms with van der Waals surface area (Å²) in [5.74, 6) is 2.06. The van der Waals surface area contributed by atoms with Gasteiger partial charge in [-0.05, 0) is 55.8 Å². The van der Waals surface area contributed by atoms with E-state index in [0.29, 0.717) is 16.9 Å². The fourth-order valence-electron chi connectivity index (χ4n) is 3.10. The van der Waals surface area contributed by atoms with Crippen LogP contribution in [-0.4, -0.2) is 27.4 Å². The van der Waals surface area contributed by atoms with Gasteiger partial charge in [0.25, 0.3) is 5.56 Å². The van der Waals surface area contributed by atoms with Crippen LogP contribution < -0.4 is 15.0 Å². The van der Waals surface area contributed by atoms with E-state index in [1.165, 1.54) is 22.2 Å². The minimum atomic E-state index is -0.845. The molecule has 0 saturated carbocycles. The van der Waals surface area contributed by atoms with E-state index in [1.807, 2.05) is 44.2 Å². The van der Waals surface area contributed by atoms with Crippen LogP contribution in [0.15, 0.2) is 65.7 Å². The average molecular weight is 423 g/mol.